The van der Waals surface area contributed by atoms with Crippen LogP contribution in [0.25, 0.3) is 0 Å². The number of hydrogen-bond acceptors (Lipinski definition) is 4. The Morgan fingerprint density at radius 3 is 2.57 bits per heavy atom. The smallest absolute Gasteiger partial charge is 0.254 e. The number of carbonyl (C=O) groups excluding carboxylic acids is 1. The minimum Gasteiger partial charge on any atom is -0.493 e. The van der Waals surface area contributed by atoms with Crippen molar-refractivity contribution in [3.05, 3.63) is 93.0 Å². The summed E-state index contributed by atoms with van der Waals surface area (Å²) >= 11 is 0. The van der Waals surface area contributed by atoms with Crippen LogP contribution in [0.3, 0.4) is 0 Å². The molecule has 0 fully saturated rings. The van der Waals surface area contributed by atoms with Crippen LogP contribution in [0, 0.1) is 13.8 Å². The Balaban J connectivity index is 1.90. The van der Waals surface area contributed by atoms with Crippen LogP contribution in [0.5, 0.6) is 5.88 Å². The largest absolute Gasteiger partial charge is 0.493 e. The van der Waals surface area contributed by atoms with Crippen LogP contribution in [-0.2, 0) is 13.0 Å². The maximum Gasteiger partial charge on any atom is 0.254 e. The fourth-order valence-electron chi connectivity index (χ4n) is 3.15. The molecule has 0 aliphatic rings. The molecule has 2 heterocycles. The van der Waals surface area contributed by atoms with Crippen molar-refractivity contribution < 1.29 is 9.90 Å². The molecular formula is C22H23N3O3. The molecule has 144 valence electrons. The van der Waals surface area contributed by atoms with Crippen LogP contribution < -0.4 is 5.56 Å². The van der Waals surface area contributed by atoms with Gasteiger partial charge in [-0.25, -0.2) is 4.98 Å². The van der Waals surface area contributed by atoms with E-state index in [1.54, 1.807) is 11.0 Å². The Kier molecular flexibility index (Phi) is 5.89. The number of carbonyl (C=O) groups is 1. The second-order valence-electron chi connectivity index (χ2n) is 6.79. The summed E-state index contributed by atoms with van der Waals surface area (Å²) < 4.78 is 0. The molecule has 1 amide bonds. The zero-order valence-electron chi connectivity index (χ0n) is 16.0. The highest BCUT2D eigenvalue weighted by molar-refractivity contribution is 5.94. The van der Waals surface area contributed by atoms with Crippen LogP contribution >= 0.6 is 0 Å². The van der Waals surface area contributed by atoms with Crippen molar-refractivity contribution in [1.29, 1.82) is 0 Å². The van der Waals surface area contributed by atoms with E-state index < -0.39 is 0 Å². The van der Waals surface area contributed by atoms with Crippen molar-refractivity contribution in [1.82, 2.24) is 14.9 Å². The fourth-order valence-corrected chi connectivity index (χ4v) is 3.15. The molecule has 6 heteroatoms. The third-order valence-electron chi connectivity index (χ3n) is 4.63. The Labute approximate surface area is 163 Å². The van der Waals surface area contributed by atoms with Gasteiger partial charge in [0.25, 0.3) is 5.91 Å². The molecule has 1 aromatic carbocycles. The molecule has 6 nitrogen and oxygen atoms in total. The molecule has 0 bridgehead atoms. The highest BCUT2D eigenvalue weighted by atomic mass is 16.3. The summed E-state index contributed by atoms with van der Waals surface area (Å²) in [5.41, 5.74) is 3.29. The second-order valence-corrected chi connectivity index (χ2v) is 6.79. The van der Waals surface area contributed by atoms with Gasteiger partial charge in [-0.15, -0.1) is 0 Å². The molecule has 0 saturated carbocycles. The monoisotopic (exact) mass is 377 g/mol. The third kappa shape index (κ3) is 4.65. The number of rotatable bonds is 6. The van der Waals surface area contributed by atoms with Gasteiger partial charge < -0.3 is 15.0 Å². The number of amides is 1. The van der Waals surface area contributed by atoms with E-state index >= 15 is 0 Å². The first-order chi connectivity index (χ1) is 13.4. The number of benzene rings is 1. The number of aryl methyl sites for hydroxylation is 2. The Hall–Kier alpha value is -3.41. The molecule has 0 spiro atoms. The number of nitrogens with zero attached hydrogens (tertiary/aromatic N) is 2. The molecule has 0 saturated heterocycles. The first-order valence-electron chi connectivity index (χ1n) is 9.12. The minimum absolute atomic E-state index is 0.0686. The van der Waals surface area contributed by atoms with Gasteiger partial charge in [0, 0.05) is 35.6 Å². The van der Waals surface area contributed by atoms with Gasteiger partial charge in [0.1, 0.15) is 0 Å². The first-order valence-corrected chi connectivity index (χ1v) is 9.12. The van der Waals surface area contributed by atoms with E-state index in [-0.39, 0.29) is 23.9 Å². The summed E-state index contributed by atoms with van der Waals surface area (Å²) in [7, 11) is 0. The molecule has 0 aliphatic heterocycles. The lowest BCUT2D eigenvalue weighted by Crippen LogP contribution is -2.33. The van der Waals surface area contributed by atoms with E-state index in [0.717, 1.165) is 16.8 Å². The molecule has 0 unspecified atom stereocenters. The van der Waals surface area contributed by atoms with E-state index in [0.29, 0.717) is 24.1 Å². The van der Waals surface area contributed by atoms with Crippen molar-refractivity contribution in [3.63, 3.8) is 0 Å². The second kappa shape index (κ2) is 8.52. The lowest BCUT2D eigenvalue weighted by molar-refractivity contribution is 0.0743. The maximum atomic E-state index is 13.1. The Morgan fingerprint density at radius 2 is 1.89 bits per heavy atom. The maximum absolute atomic E-state index is 13.1. The minimum atomic E-state index is -0.329. The van der Waals surface area contributed by atoms with Crippen molar-refractivity contribution >= 4 is 5.91 Å². The summed E-state index contributed by atoms with van der Waals surface area (Å²) in [5.74, 6) is -0.331. The van der Waals surface area contributed by atoms with Crippen LogP contribution in [0.4, 0.5) is 0 Å². The van der Waals surface area contributed by atoms with Crippen LogP contribution in [0.1, 0.15) is 32.7 Å². The quantitative estimate of drug-likeness (QED) is 0.691. The van der Waals surface area contributed by atoms with Crippen molar-refractivity contribution in [2.75, 3.05) is 6.54 Å². The Bertz CT molecular complexity index is 1010. The molecule has 2 N–H and O–H groups in total. The van der Waals surface area contributed by atoms with Gasteiger partial charge in [0.05, 0.1) is 6.54 Å². The molecule has 2 aromatic heterocycles. The zero-order valence-corrected chi connectivity index (χ0v) is 16.0. The fraction of sp³-hybridized carbons (Fsp3) is 0.227. The van der Waals surface area contributed by atoms with Crippen LogP contribution in [0.2, 0.25) is 0 Å². The molecule has 0 atom stereocenters. The lowest BCUT2D eigenvalue weighted by Gasteiger charge is -2.24. The van der Waals surface area contributed by atoms with Gasteiger partial charge in [0.2, 0.25) is 11.4 Å². The van der Waals surface area contributed by atoms with Crippen LogP contribution in [0.15, 0.2) is 59.5 Å². The molecule has 0 radical (unpaired) electrons. The first kappa shape index (κ1) is 19.4. The highest BCUT2D eigenvalue weighted by Gasteiger charge is 2.20. The van der Waals surface area contributed by atoms with Gasteiger partial charge in [0.15, 0.2) is 0 Å². The van der Waals surface area contributed by atoms with Crippen molar-refractivity contribution in [2.24, 2.45) is 0 Å². The predicted octanol–water partition coefficient (Wildman–Crippen LogP) is 2.98. The summed E-state index contributed by atoms with van der Waals surface area (Å²) in [6.45, 7) is 4.35. The molecule has 0 aliphatic carbocycles. The SMILES string of the molecule is Cc1cc(C)c(CN(CCc2ccccc2)C(=O)c2cc[nH]c(=O)c2)c(O)n1. The molecular weight excluding hydrogens is 354 g/mol. The third-order valence-corrected chi connectivity index (χ3v) is 4.63. The number of H-pyrrole nitrogens is 1. The van der Waals surface area contributed by atoms with Gasteiger partial charge in [-0.1, -0.05) is 30.3 Å². The van der Waals surface area contributed by atoms with Gasteiger partial charge in [-0.05, 0) is 43.5 Å². The zero-order chi connectivity index (χ0) is 20.1. The summed E-state index contributed by atoms with van der Waals surface area (Å²) in [6.07, 6.45) is 2.12. The van der Waals surface area contributed by atoms with Crippen molar-refractivity contribution in [3.8, 4) is 5.88 Å². The number of aromatic hydroxyl groups is 1. The van der Waals surface area contributed by atoms with Gasteiger partial charge >= 0.3 is 0 Å². The van der Waals surface area contributed by atoms with E-state index in [1.807, 2.05) is 50.2 Å². The number of aromatic amines is 1. The lowest BCUT2D eigenvalue weighted by atomic mass is 10.1. The van der Waals surface area contributed by atoms with Gasteiger partial charge in [-0.2, -0.15) is 0 Å². The number of pyridine rings is 2. The standard InChI is InChI=1S/C22H23N3O3/c1-15-12-16(2)24-21(27)19(15)14-25(11-9-17-6-4-3-5-7-17)22(28)18-8-10-23-20(26)13-18/h3-8,10,12-13H,9,11,14H2,1-2H3,(H,23,26)(H,24,27). The molecule has 3 rings (SSSR count). The average Bonchev–Trinajstić information content (AvgIpc) is 2.67. The highest BCUT2D eigenvalue weighted by Crippen LogP contribution is 2.22. The number of nitrogens with one attached hydrogen (secondary N) is 1. The normalized spacial score (nSPS) is 10.6. The molecule has 28 heavy (non-hydrogen) atoms. The summed E-state index contributed by atoms with van der Waals surface area (Å²) in [5, 5.41) is 10.3. The topological polar surface area (TPSA) is 86.3 Å². The van der Waals surface area contributed by atoms with E-state index in [9.17, 15) is 14.7 Å². The van der Waals surface area contributed by atoms with E-state index in [2.05, 4.69) is 9.97 Å². The number of hydrogen-bond donors (Lipinski definition) is 2. The van der Waals surface area contributed by atoms with E-state index in [4.69, 9.17) is 0 Å². The number of aromatic nitrogens is 2. The molecule has 3 aromatic rings. The van der Waals surface area contributed by atoms with Gasteiger partial charge in [-0.3, -0.25) is 9.59 Å². The summed E-state index contributed by atoms with van der Waals surface area (Å²) in [6, 6.07) is 14.6. The van der Waals surface area contributed by atoms with Crippen molar-refractivity contribution in [2.45, 2.75) is 26.8 Å². The average molecular weight is 377 g/mol. The van der Waals surface area contributed by atoms with E-state index in [1.165, 1.54) is 12.3 Å². The van der Waals surface area contributed by atoms with Crippen LogP contribution in [-0.4, -0.2) is 32.4 Å². The predicted molar refractivity (Wildman–Crippen MR) is 107 cm³/mol. The summed E-state index contributed by atoms with van der Waals surface area (Å²) in [4.78, 5) is 33.0. The Morgan fingerprint density at radius 1 is 1.14 bits per heavy atom.